The van der Waals surface area contributed by atoms with Gasteiger partial charge in [-0.1, -0.05) is 26.7 Å². The lowest BCUT2D eigenvalue weighted by Crippen LogP contribution is -2.52. The highest BCUT2D eigenvalue weighted by molar-refractivity contribution is 6.06. The summed E-state index contributed by atoms with van der Waals surface area (Å²) in [6.45, 7) is 7.00. The summed E-state index contributed by atoms with van der Waals surface area (Å²) in [5.74, 6) is 3.54. The molecule has 0 bridgehead atoms. The Morgan fingerprint density at radius 1 is 1.11 bits per heavy atom. The molecule has 0 saturated heterocycles. The van der Waals surface area contributed by atoms with E-state index < -0.39 is 0 Å². The van der Waals surface area contributed by atoms with Gasteiger partial charge in [-0.05, 0) is 92.6 Å². The maximum atomic E-state index is 13.5. The van der Waals surface area contributed by atoms with Crippen molar-refractivity contribution in [2.24, 2.45) is 41.5 Å². The zero-order chi connectivity index (χ0) is 19.7. The van der Waals surface area contributed by atoms with Crippen molar-refractivity contribution in [1.82, 2.24) is 9.78 Å². The first-order chi connectivity index (χ1) is 13.3. The second-order valence-electron chi connectivity index (χ2n) is 10.9. The van der Waals surface area contributed by atoms with Crippen LogP contribution in [-0.4, -0.2) is 15.6 Å². The number of fused-ring (bicyclic) bond motifs is 5. The minimum atomic E-state index is -0.124. The molecular weight excluding hydrogens is 344 g/mol. The quantitative estimate of drug-likeness (QED) is 0.584. The first kappa shape index (κ1) is 18.6. The van der Waals surface area contributed by atoms with Gasteiger partial charge < -0.3 is 0 Å². The fraction of sp³-hybridized carbons (Fsp3) is 0.760. The minimum Gasteiger partial charge on any atom is -0.294 e. The molecular formula is C25H36N2O. The van der Waals surface area contributed by atoms with Gasteiger partial charge in [0.15, 0.2) is 5.78 Å². The third kappa shape index (κ3) is 2.47. The molecule has 3 nitrogen and oxygen atoms in total. The van der Waals surface area contributed by atoms with E-state index in [1.165, 1.54) is 44.9 Å². The van der Waals surface area contributed by atoms with Crippen LogP contribution in [0.25, 0.3) is 6.08 Å². The number of aromatic nitrogens is 2. The van der Waals surface area contributed by atoms with Crippen LogP contribution in [-0.2, 0) is 11.8 Å². The predicted molar refractivity (Wildman–Crippen MR) is 113 cm³/mol. The molecule has 3 heteroatoms. The molecule has 4 fully saturated rings. The fourth-order valence-electron chi connectivity index (χ4n) is 7.94. The molecule has 0 N–H and O–H groups in total. The van der Waals surface area contributed by atoms with Crippen molar-refractivity contribution in [3.05, 3.63) is 23.0 Å². The van der Waals surface area contributed by atoms with Crippen LogP contribution in [0.3, 0.4) is 0 Å². The molecule has 6 atom stereocenters. The van der Waals surface area contributed by atoms with Gasteiger partial charge in [-0.25, -0.2) is 0 Å². The summed E-state index contributed by atoms with van der Waals surface area (Å²) in [5.41, 5.74) is 3.75. The average molecular weight is 381 g/mol. The molecule has 6 unspecified atom stereocenters. The van der Waals surface area contributed by atoms with Crippen molar-refractivity contribution >= 4 is 11.9 Å². The molecule has 0 aliphatic heterocycles. The van der Waals surface area contributed by atoms with E-state index in [0.29, 0.717) is 17.1 Å². The summed E-state index contributed by atoms with van der Waals surface area (Å²) in [4.78, 5) is 13.5. The van der Waals surface area contributed by atoms with Crippen molar-refractivity contribution in [2.45, 2.75) is 78.6 Å². The normalized spacial score (nSPS) is 44.3. The van der Waals surface area contributed by atoms with Gasteiger partial charge in [0.05, 0.1) is 6.20 Å². The van der Waals surface area contributed by atoms with Crippen LogP contribution in [0.1, 0.15) is 82.9 Å². The Kier molecular flexibility index (Phi) is 4.20. The van der Waals surface area contributed by atoms with Crippen molar-refractivity contribution in [3.8, 4) is 0 Å². The van der Waals surface area contributed by atoms with E-state index in [4.69, 9.17) is 0 Å². The van der Waals surface area contributed by atoms with E-state index >= 15 is 0 Å². The van der Waals surface area contributed by atoms with Gasteiger partial charge in [0.2, 0.25) is 0 Å². The van der Waals surface area contributed by atoms with E-state index in [2.05, 4.69) is 31.9 Å². The molecule has 1 aromatic rings. The first-order valence-corrected chi connectivity index (χ1v) is 11.6. The maximum Gasteiger partial charge on any atom is 0.165 e. The van der Waals surface area contributed by atoms with E-state index in [-0.39, 0.29) is 5.41 Å². The lowest BCUT2D eigenvalue weighted by atomic mass is 9.45. The monoisotopic (exact) mass is 380 g/mol. The topological polar surface area (TPSA) is 34.9 Å². The van der Waals surface area contributed by atoms with E-state index in [9.17, 15) is 4.79 Å². The highest BCUT2D eigenvalue weighted by atomic mass is 16.1. The molecule has 0 aromatic carbocycles. The van der Waals surface area contributed by atoms with Gasteiger partial charge in [-0.15, -0.1) is 0 Å². The highest BCUT2D eigenvalue weighted by Gasteiger charge is 2.60. The smallest absolute Gasteiger partial charge is 0.165 e. The zero-order valence-corrected chi connectivity index (χ0v) is 18.1. The van der Waals surface area contributed by atoms with Gasteiger partial charge in [-0.3, -0.25) is 9.48 Å². The van der Waals surface area contributed by atoms with Crippen LogP contribution >= 0.6 is 0 Å². The number of Topliss-reactive ketones (excluding diaryl/α,β-unsaturated/α-hetero) is 1. The molecule has 1 heterocycles. The minimum absolute atomic E-state index is 0.124. The van der Waals surface area contributed by atoms with Crippen LogP contribution in [0, 0.1) is 41.4 Å². The van der Waals surface area contributed by atoms with Gasteiger partial charge in [-0.2, -0.15) is 5.10 Å². The molecule has 4 saturated carbocycles. The summed E-state index contributed by atoms with van der Waals surface area (Å²) in [6, 6.07) is 0. The Balaban J connectivity index is 1.47. The van der Waals surface area contributed by atoms with E-state index in [1.54, 1.807) is 0 Å². The molecule has 5 rings (SSSR count). The molecule has 4 aliphatic carbocycles. The van der Waals surface area contributed by atoms with Crippen molar-refractivity contribution in [1.29, 1.82) is 0 Å². The number of carbonyl (C=O) groups excluding carboxylic acids is 1. The second kappa shape index (κ2) is 6.31. The van der Waals surface area contributed by atoms with Crippen molar-refractivity contribution in [3.63, 3.8) is 0 Å². The Hall–Kier alpha value is -1.38. The molecule has 4 aliphatic rings. The lowest BCUT2D eigenvalue weighted by Gasteiger charge is -2.59. The van der Waals surface area contributed by atoms with E-state index in [0.717, 1.165) is 47.4 Å². The van der Waals surface area contributed by atoms with Crippen LogP contribution in [0.15, 0.2) is 11.8 Å². The van der Waals surface area contributed by atoms with Crippen LogP contribution in [0.5, 0.6) is 0 Å². The number of hydrogen-bond acceptors (Lipinski definition) is 2. The first-order valence-electron chi connectivity index (χ1n) is 11.6. The maximum absolute atomic E-state index is 13.5. The number of rotatable bonds is 1. The Morgan fingerprint density at radius 3 is 2.68 bits per heavy atom. The number of carbonyl (C=O) groups is 1. The number of nitrogens with zero attached hydrogens (tertiary/aromatic N) is 2. The number of allylic oxidation sites excluding steroid dienone is 1. The average Bonchev–Trinajstić information content (AvgIpc) is 3.13. The summed E-state index contributed by atoms with van der Waals surface area (Å²) in [7, 11) is 1.98. The molecule has 1 aromatic heterocycles. The summed E-state index contributed by atoms with van der Waals surface area (Å²) >= 11 is 0. The molecule has 0 radical (unpaired) electrons. The summed E-state index contributed by atoms with van der Waals surface area (Å²) in [5, 5.41) is 4.37. The third-order valence-electron chi connectivity index (χ3n) is 9.83. The van der Waals surface area contributed by atoms with Crippen LogP contribution < -0.4 is 0 Å². The van der Waals surface area contributed by atoms with Gasteiger partial charge >= 0.3 is 0 Å². The van der Waals surface area contributed by atoms with Crippen molar-refractivity contribution < 1.29 is 4.79 Å². The second-order valence-corrected chi connectivity index (χ2v) is 10.9. The van der Waals surface area contributed by atoms with Gasteiger partial charge in [0.25, 0.3) is 0 Å². The van der Waals surface area contributed by atoms with Gasteiger partial charge in [0.1, 0.15) is 0 Å². The number of hydrogen-bond donors (Lipinski definition) is 0. The zero-order valence-electron chi connectivity index (χ0n) is 18.1. The highest BCUT2D eigenvalue weighted by Crippen LogP contribution is 2.66. The predicted octanol–water partition coefficient (Wildman–Crippen LogP) is 5.72. The Bertz CT molecular complexity index is 836. The third-order valence-corrected chi connectivity index (χ3v) is 9.83. The SMILES string of the molecule is Cc1c(/C=C2/CC3C4CCC5CCCCC5(C)C4CCC3(C)C2=O)cnn1C. The van der Waals surface area contributed by atoms with Crippen LogP contribution in [0.4, 0.5) is 0 Å². The number of ketones is 1. The Morgan fingerprint density at radius 2 is 1.93 bits per heavy atom. The largest absolute Gasteiger partial charge is 0.294 e. The van der Waals surface area contributed by atoms with Gasteiger partial charge in [0, 0.05) is 23.7 Å². The molecule has 152 valence electrons. The lowest BCUT2D eigenvalue weighted by molar-refractivity contribution is -0.137. The Labute approximate surface area is 170 Å². The number of aryl methyl sites for hydroxylation is 1. The fourth-order valence-corrected chi connectivity index (χ4v) is 7.94. The summed E-state index contributed by atoms with van der Waals surface area (Å²) in [6.07, 6.45) is 15.9. The molecule has 0 amide bonds. The standard InChI is InChI=1S/C25H36N2O/c1-16-18(15-26-27(16)4)13-17-14-22-20-9-8-19-7-5-6-11-24(19,2)21(20)10-12-25(22,3)23(17)28/h13,15,19-22H,5-12,14H2,1-4H3/b17-13-. The van der Waals surface area contributed by atoms with Crippen LogP contribution in [0.2, 0.25) is 0 Å². The molecule has 0 spiro atoms. The van der Waals surface area contributed by atoms with Crippen molar-refractivity contribution in [2.75, 3.05) is 0 Å². The summed E-state index contributed by atoms with van der Waals surface area (Å²) < 4.78 is 1.90. The van der Waals surface area contributed by atoms with E-state index in [1.807, 2.05) is 17.9 Å². The molecule has 28 heavy (non-hydrogen) atoms.